The van der Waals surface area contributed by atoms with E-state index < -0.39 is 33.4 Å². The van der Waals surface area contributed by atoms with E-state index in [0.717, 1.165) is 4.47 Å². The van der Waals surface area contributed by atoms with Gasteiger partial charge < -0.3 is 10.6 Å². The average molecular weight is 464 g/mol. The lowest BCUT2D eigenvalue weighted by molar-refractivity contribution is -0.122. The third-order valence-corrected chi connectivity index (χ3v) is 5.86. The van der Waals surface area contributed by atoms with Crippen LogP contribution in [0.3, 0.4) is 0 Å². The number of benzene rings is 2. The second kappa shape index (κ2) is 10.0. The van der Waals surface area contributed by atoms with Crippen molar-refractivity contribution in [2.75, 3.05) is 12.3 Å². The predicted octanol–water partition coefficient (Wildman–Crippen LogP) is 1.80. The van der Waals surface area contributed by atoms with Crippen molar-refractivity contribution in [3.8, 4) is 6.07 Å². The average Bonchev–Trinajstić information content (AvgIpc) is 2.67. The molecule has 0 fully saturated rings. The lowest BCUT2D eigenvalue weighted by atomic mass is 10.2. The highest BCUT2D eigenvalue weighted by Crippen LogP contribution is 2.14. The molecule has 0 heterocycles. The number of halogens is 1. The molecule has 2 aromatic rings. The molecule has 7 nitrogen and oxygen atoms in total. The van der Waals surface area contributed by atoms with Crippen molar-refractivity contribution >= 4 is 37.6 Å². The minimum atomic E-state index is -3.72. The molecule has 2 aromatic carbocycles. The first-order valence-electron chi connectivity index (χ1n) is 8.26. The molecular weight excluding hydrogens is 446 g/mol. The number of rotatable bonds is 8. The van der Waals surface area contributed by atoms with Crippen LogP contribution in [0, 0.1) is 11.3 Å². The van der Waals surface area contributed by atoms with E-state index in [1.165, 1.54) is 0 Å². The van der Waals surface area contributed by atoms with Gasteiger partial charge in [0.15, 0.2) is 9.84 Å². The van der Waals surface area contributed by atoms with E-state index in [9.17, 15) is 18.0 Å². The molecule has 0 radical (unpaired) electrons. The summed E-state index contributed by atoms with van der Waals surface area (Å²) < 4.78 is 26.0. The molecule has 2 N–H and O–H groups in total. The van der Waals surface area contributed by atoms with Crippen LogP contribution in [0.1, 0.15) is 15.9 Å². The summed E-state index contributed by atoms with van der Waals surface area (Å²) in [4.78, 5) is 24.7. The fourth-order valence-electron chi connectivity index (χ4n) is 2.41. The van der Waals surface area contributed by atoms with Crippen molar-refractivity contribution in [1.29, 1.82) is 5.26 Å². The highest BCUT2D eigenvalue weighted by atomic mass is 79.9. The van der Waals surface area contributed by atoms with E-state index in [2.05, 4.69) is 26.6 Å². The zero-order valence-electron chi connectivity index (χ0n) is 14.8. The van der Waals surface area contributed by atoms with Crippen LogP contribution in [0.15, 0.2) is 59.1 Å². The molecule has 2 amide bonds. The minimum absolute atomic E-state index is 0.274. The monoisotopic (exact) mass is 463 g/mol. The number of amides is 2. The van der Waals surface area contributed by atoms with Gasteiger partial charge >= 0.3 is 0 Å². The summed E-state index contributed by atoms with van der Waals surface area (Å²) in [5.41, 5.74) is 0.861. The number of nitrogens with one attached hydrogen (secondary N) is 2. The van der Waals surface area contributed by atoms with Crippen molar-refractivity contribution in [1.82, 2.24) is 10.6 Å². The van der Waals surface area contributed by atoms with Gasteiger partial charge in [0.05, 0.1) is 17.6 Å². The Balaban J connectivity index is 2.15. The van der Waals surface area contributed by atoms with E-state index >= 15 is 0 Å². The molecule has 0 bridgehead atoms. The summed E-state index contributed by atoms with van der Waals surface area (Å²) in [5.74, 6) is -2.16. The molecule has 0 aliphatic carbocycles. The largest absolute Gasteiger partial charge is 0.341 e. The summed E-state index contributed by atoms with van der Waals surface area (Å²) in [7, 11) is -3.72. The zero-order chi connectivity index (χ0) is 20.6. The number of sulfone groups is 1. The van der Waals surface area contributed by atoms with Crippen molar-refractivity contribution < 1.29 is 18.0 Å². The van der Waals surface area contributed by atoms with Gasteiger partial charge in [-0.15, -0.1) is 0 Å². The Kier molecular flexibility index (Phi) is 7.72. The molecule has 0 spiro atoms. The van der Waals surface area contributed by atoms with Gasteiger partial charge in [0.2, 0.25) is 5.91 Å². The summed E-state index contributed by atoms with van der Waals surface area (Å²) in [6.45, 7) is -0.288. The van der Waals surface area contributed by atoms with Gasteiger partial charge in [0.1, 0.15) is 12.6 Å². The predicted molar refractivity (Wildman–Crippen MR) is 108 cm³/mol. The Hall–Kier alpha value is -2.70. The van der Waals surface area contributed by atoms with Crippen LogP contribution in [0.5, 0.6) is 0 Å². The van der Waals surface area contributed by atoms with Crippen LogP contribution in [-0.4, -0.2) is 38.6 Å². The lowest BCUT2D eigenvalue weighted by Gasteiger charge is -2.18. The van der Waals surface area contributed by atoms with Crippen LogP contribution in [0.25, 0.3) is 0 Å². The lowest BCUT2D eigenvalue weighted by Crippen LogP contribution is -2.50. The van der Waals surface area contributed by atoms with E-state index in [4.69, 9.17) is 5.26 Å². The molecule has 28 heavy (non-hydrogen) atoms. The van der Waals surface area contributed by atoms with Gasteiger partial charge in [-0.25, -0.2) is 8.42 Å². The smallest absolute Gasteiger partial charge is 0.251 e. The van der Waals surface area contributed by atoms with E-state index in [0.29, 0.717) is 11.1 Å². The van der Waals surface area contributed by atoms with Crippen LogP contribution in [-0.2, 0) is 20.4 Å². The summed E-state index contributed by atoms with van der Waals surface area (Å²) in [6.07, 6.45) is 0. The van der Waals surface area contributed by atoms with Gasteiger partial charge in [-0.3, -0.25) is 9.59 Å². The Morgan fingerprint density at radius 1 is 1.07 bits per heavy atom. The highest BCUT2D eigenvalue weighted by Gasteiger charge is 2.27. The maximum Gasteiger partial charge on any atom is 0.251 e. The van der Waals surface area contributed by atoms with Crippen LogP contribution >= 0.6 is 15.9 Å². The Bertz CT molecular complexity index is 970. The number of hydrogen-bond donors (Lipinski definition) is 2. The molecule has 2 rings (SSSR count). The fourth-order valence-corrected chi connectivity index (χ4v) is 4.24. The molecule has 9 heteroatoms. The maximum absolute atomic E-state index is 12.6. The second-order valence-electron chi connectivity index (χ2n) is 5.95. The van der Waals surface area contributed by atoms with Gasteiger partial charge in [-0.05, 0) is 29.8 Å². The van der Waals surface area contributed by atoms with Gasteiger partial charge in [0, 0.05) is 10.0 Å². The Morgan fingerprint density at radius 2 is 1.71 bits per heavy atom. The number of carbonyl (C=O) groups excluding carboxylic acids is 2. The van der Waals surface area contributed by atoms with Crippen LogP contribution < -0.4 is 10.6 Å². The quantitative estimate of drug-likeness (QED) is 0.578. The normalized spacial score (nSPS) is 11.9. The first kappa shape index (κ1) is 21.6. The SMILES string of the molecule is N#CCNC(=O)[C@H](CS(=O)(=O)Cc1ccc(Br)cc1)NC(=O)c1ccccc1. The first-order valence-corrected chi connectivity index (χ1v) is 10.9. The molecule has 0 unspecified atom stereocenters. The minimum Gasteiger partial charge on any atom is -0.341 e. The van der Waals surface area contributed by atoms with Crippen molar-refractivity contribution in [2.24, 2.45) is 0 Å². The molecule has 1 atom stereocenters. The standard InChI is InChI=1S/C19H18BrN3O4S/c20-16-8-6-14(7-9-16)12-28(26,27)13-17(19(25)22-11-10-21)23-18(24)15-4-2-1-3-5-15/h1-9,17H,11-13H2,(H,22,25)(H,23,24)/t17-/m0/s1. The highest BCUT2D eigenvalue weighted by molar-refractivity contribution is 9.10. The summed E-state index contributed by atoms with van der Waals surface area (Å²) >= 11 is 3.28. The van der Waals surface area contributed by atoms with Gasteiger partial charge in [-0.2, -0.15) is 5.26 Å². The topological polar surface area (TPSA) is 116 Å². The molecular formula is C19H18BrN3O4S. The van der Waals surface area contributed by atoms with Gasteiger partial charge in [-0.1, -0.05) is 46.3 Å². The molecule has 0 aliphatic rings. The van der Waals surface area contributed by atoms with Crippen LogP contribution in [0.4, 0.5) is 0 Å². The third kappa shape index (κ3) is 6.79. The third-order valence-electron chi connectivity index (χ3n) is 3.72. The van der Waals surface area contributed by atoms with Crippen molar-refractivity contribution in [2.45, 2.75) is 11.8 Å². The number of hydrogen-bond acceptors (Lipinski definition) is 5. The Labute approximate surface area is 171 Å². The van der Waals surface area contributed by atoms with Crippen molar-refractivity contribution in [3.63, 3.8) is 0 Å². The Morgan fingerprint density at radius 3 is 2.32 bits per heavy atom. The van der Waals surface area contributed by atoms with E-state index in [-0.39, 0.29) is 12.3 Å². The van der Waals surface area contributed by atoms with Gasteiger partial charge in [0.25, 0.3) is 5.91 Å². The molecule has 0 saturated carbocycles. The second-order valence-corrected chi connectivity index (χ2v) is 8.97. The molecule has 146 valence electrons. The zero-order valence-corrected chi connectivity index (χ0v) is 17.2. The number of nitriles is 1. The molecule has 0 aromatic heterocycles. The summed E-state index contributed by atoms with van der Waals surface area (Å²) in [6, 6.07) is 15.3. The maximum atomic E-state index is 12.6. The van der Waals surface area contributed by atoms with Crippen LogP contribution in [0.2, 0.25) is 0 Å². The van der Waals surface area contributed by atoms with Crippen molar-refractivity contribution in [3.05, 3.63) is 70.2 Å². The molecule has 0 saturated heterocycles. The van der Waals surface area contributed by atoms with E-state index in [1.807, 2.05) is 0 Å². The number of carbonyl (C=O) groups is 2. The molecule has 0 aliphatic heterocycles. The first-order chi connectivity index (χ1) is 13.3. The number of nitrogens with zero attached hydrogens (tertiary/aromatic N) is 1. The van der Waals surface area contributed by atoms with E-state index in [1.54, 1.807) is 60.7 Å². The summed E-state index contributed by atoms with van der Waals surface area (Å²) in [5, 5.41) is 13.4. The fraction of sp³-hybridized carbons (Fsp3) is 0.211.